The predicted molar refractivity (Wildman–Crippen MR) is 94.2 cm³/mol. The normalized spacial score (nSPS) is 16.6. The number of amides is 1. The number of benzene rings is 2. The van der Waals surface area contributed by atoms with E-state index in [-0.39, 0.29) is 22.9 Å². The Kier molecular flexibility index (Phi) is 3.65. The van der Waals surface area contributed by atoms with Crippen molar-refractivity contribution in [2.24, 2.45) is 0 Å². The van der Waals surface area contributed by atoms with Gasteiger partial charge in [-0.15, -0.1) is 0 Å². The molecule has 0 aliphatic heterocycles. The van der Waals surface area contributed by atoms with Crippen LogP contribution in [0, 0.1) is 0 Å². The van der Waals surface area contributed by atoms with Crippen LogP contribution < -0.4 is 10.7 Å². The quantitative estimate of drug-likeness (QED) is 0.761. The minimum absolute atomic E-state index is 0.0340. The molecular formula is C20H18N2O2. The number of aryl methyl sites for hydroxylation is 1. The third kappa shape index (κ3) is 2.50. The SMILES string of the molecule is O=C(NC1CCCc2ccccc21)c1c[nH]c2ccccc2c1=O. The first kappa shape index (κ1) is 14.7. The number of H-pyrrole nitrogens is 1. The summed E-state index contributed by atoms with van der Waals surface area (Å²) in [6.45, 7) is 0. The first-order valence-corrected chi connectivity index (χ1v) is 8.23. The molecule has 1 heterocycles. The zero-order valence-electron chi connectivity index (χ0n) is 13.2. The van der Waals surface area contributed by atoms with Crippen molar-refractivity contribution in [3.8, 4) is 0 Å². The monoisotopic (exact) mass is 318 g/mol. The van der Waals surface area contributed by atoms with Crippen molar-refractivity contribution in [2.45, 2.75) is 25.3 Å². The highest BCUT2D eigenvalue weighted by molar-refractivity contribution is 5.97. The maximum atomic E-state index is 12.7. The van der Waals surface area contributed by atoms with Crippen molar-refractivity contribution in [2.75, 3.05) is 0 Å². The lowest BCUT2D eigenvalue weighted by Crippen LogP contribution is -2.34. The van der Waals surface area contributed by atoms with Gasteiger partial charge in [-0.1, -0.05) is 36.4 Å². The summed E-state index contributed by atoms with van der Waals surface area (Å²) in [5, 5.41) is 3.57. The highest BCUT2D eigenvalue weighted by Crippen LogP contribution is 2.29. The minimum Gasteiger partial charge on any atom is -0.360 e. The van der Waals surface area contributed by atoms with E-state index in [0.29, 0.717) is 5.39 Å². The second-order valence-corrected chi connectivity index (χ2v) is 6.19. The van der Waals surface area contributed by atoms with Crippen LogP contribution in [-0.2, 0) is 6.42 Å². The fourth-order valence-electron chi connectivity index (χ4n) is 3.48. The predicted octanol–water partition coefficient (Wildman–Crippen LogP) is 3.34. The van der Waals surface area contributed by atoms with Gasteiger partial charge < -0.3 is 10.3 Å². The van der Waals surface area contributed by atoms with Gasteiger partial charge >= 0.3 is 0 Å². The Labute approximate surface area is 139 Å². The first-order valence-electron chi connectivity index (χ1n) is 8.23. The fraction of sp³-hybridized carbons (Fsp3) is 0.200. The van der Waals surface area contributed by atoms with Crippen molar-refractivity contribution in [3.63, 3.8) is 0 Å². The van der Waals surface area contributed by atoms with Crippen LogP contribution in [-0.4, -0.2) is 10.9 Å². The number of nitrogens with one attached hydrogen (secondary N) is 2. The summed E-state index contributed by atoms with van der Waals surface area (Å²) in [6.07, 6.45) is 4.48. The number of fused-ring (bicyclic) bond motifs is 2. The van der Waals surface area contributed by atoms with Crippen molar-refractivity contribution >= 4 is 16.8 Å². The molecule has 2 aromatic carbocycles. The third-order valence-electron chi connectivity index (χ3n) is 4.71. The van der Waals surface area contributed by atoms with Crippen LogP contribution >= 0.6 is 0 Å². The van der Waals surface area contributed by atoms with Crippen molar-refractivity contribution in [3.05, 3.63) is 81.6 Å². The van der Waals surface area contributed by atoms with E-state index in [1.807, 2.05) is 24.3 Å². The summed E-state index contributed by atoms with van der Waals surface area (Å²) >= 11 is 0. The van der Waals surface area contributed by atoms with Gasteiger partial charge in [0, 0.05) is 17.1 Å². The van der Waals surface area contributed by atoms with Gasteiger partial charge in [0.1, 0.15) is 5.56 Å². The van der Waals surface area contributed by atoms with E-state index >= 15 is 0 Å². The minimum atomic E-state index is -0.316. The summed E-state index contributed by atoms with van der Waals surface area (Å²) in [6, 6.07) is 15.4. The van der Waals surface area contributed by atoms with Crippen LogP contribution in [0.25, 0.3) is 10.9 Å². The molecular weight excluding hydrogens is 300 g/mol. The molecule has 4 rings (SSSR count). The molecule has 0 spiro atoms. The molecule has 0 radical (unpaired) electrons. The number of aromatic nitrogens is 1. The first-order chi connectivity index (χ1) is 11.7. The second kappa shape index (κ2) is 5.96. The Morgan fingerprint density at radius 1 is 1.08 bits per heavy atom. The maximum Gasteiger partial charge on any atom is 0.257 e. The van der Waals surface area contributed by atoms with Gasteiger partial charge in [-0.3, -0.25) is 9.59 Å². The van der Waals surface area contributed by atoms with Crippen LogP contribution in [0.15, 0.2) is 59.5 Å². The highest BCUT2D eigenvalue weighted by Gasteiger charge is 2.23. The number of para-hydroxylation sites is 1. The lowest BCUT2D eigenvalue weighted by atomic mass is 9.87. The van der Waals surface area contributed by atoms with Crippen LogP contribution in [0.3, 0.4) is 0 Å². The van der Waals surface area contributed by atoms with Crippen molar-refractivity contribution in [1.82, 2.24) is 10.3 Å². The smallest absolute Gasteiger partial charge is 0.257 e. The van der Waals surface area contributed by atoms with E-state index in [9.17, 15) is 9.59 Å². The molecule has 2 N–H and O–H groups in total. The van der Waals surface area contributed by atoms with Crippen LogP contribution in [0.4, 0.5) is 0 Å². The average Bonchev–Trinajstić information content (AvgIpc) is 2.62. The summed E-state index contributed by atoms with van der Waals surface area (Å²) in [5.74, 6) is -0.316. The highest BCUT2D eigenvalue weighted by atomic mass is 16.2. The van der Waals surface area contributed by atoms with Gasteiger partial charge in [0.05, 0.1) is 6.04 Å². The number of hydrogen-bond donors (Lipinski definition) is 2. The Hall–Kier alpha value is -2.88. The summed E-state index contributed by atoms with van der Waals surface area (Å²) < 4.78 is 0. The Morgan fingerprint density at radius 3 is 2.79 bits per heavy atom. The number of pyridine rings is 1. The van der Waals surface area contributed by atoms with Crippen LogP contribution in [0.2, 0.25) is 0 Å². The van der Waals surface area contributed by atoms with Gasteiger partial charge in [0.15, 0.2) is 0 Å². The molecule has 1 unspecified atom stereocenters. The molecule has 1 aromatic heterocycles. The molecule has 0 saturated heterocycles. The van der Waals surface area contributed by atoms with E-state index < -0.39 is 0 Å². The molecule has 1 aliphatic rings. The molecule has 4 nitrogen and oxygen atoms in total. The average molecular weight is 318 g/mol. The molecule has 1 amide bonds. The number of carbonyl (C=O) groups excluding carboxylic acids is 1. The second-order valence-electron chi connectivity index (χ2n) is 6.19. The molecule has 1 atom stereocenters. The van der Waals surface area contributed by atoms with E-state index in [1.54, 1.807) is 12.1 Å². The van der Waals surface area contributed by atoms with E-state index in [1.165, 1.54) is 11.8 Å². The molecule has 120 valence electrons. The molecule has 0 saturated carbocycles. The van der Waals surface area contributed by atoms with Crippen molar-refractivity contribution in [1.29, 1.82) is 0 Å². The number of hydrogen-bond acceptors (Lipinski definition) is 2. The van der Waals surface area contributed by atoms with E-state index in [4.69, 9.17) is 0 Å². The molecule has 3 aromatic rings. The summed E-state index contributed by atoms with van der Waals surface area (Å²) in [4.78, 5) is 28.3. The molecule has 0 bridgehead atoms. The van der Waals surface area contributed by atoms with Gasteiger partial charge in [-0.2, -0.15) is 0 Å². The van der Waals surface area contributed by atoms with Gasteiger partial charge in [-0.05, 0) is 42.5 Å². The lowest BCUT2D eigenvalue weighted by Gasteiger charge is -2.26. The summed E-state index contributed by atoms with van der Waals surface area (Å²) in [5.41, 5.74) is 3.11. The van der Waals surface area contributed by atoms with Crippen molar-refractivity contribution < 1.29 is 4.79 Å². The van der Waals surface area contributed by atoms with Gasteiger partial charge in [0.25, 0.3) is 5.91 Å². The van der Waals surface area contributed by atoms with Crippen LogP contribution in [0.1, 0.15) is 40.4 Å². The molecule has 0 fully saturated rings. The Morgan fingerprint density at radius 2 is 1.88 bits per heavy atom. The molecule has 4 heteroatoms. The fourth-order valence-corrected chi connectivity index (χ4v) is 3.48. The maximum absolute atomic E-state index is 12.7. The molecule has 1 aliphatic carbocycles. The number of carbonyl (C=O) groups is 1. The summed E-state index contributed by atoms with van der Waals surface area (Å²) in [7, 11) is 0. The van der Waals surface area contributed by atoms with Crippen LogP contribution in [0.5, 0.6) is 0 Å². The Bertz CT molecular complexity index is 975. The molecule has 24 heavy (non-hydrogen) atoms. The zero-order chi connectivity index (χ0) is 16.5. The topological polar surface area (TPSA) is 62.0 Å². The Balaban J connectivity index is 1.66. The third-order valence-corrected chi connectivity index (χ3v) is 4.71. The standard InChI is InChI=1S/C20H18N2O2/c23-19-15-9-3-4-10-17(15)21-12-16(19)20(24)22-18-11-5-7-13-6-1-2-8-14(13)18/h1-4,6,8-10,12,18H,5,7,11H2,(H,21,23)(H,22,24). The van der Waals surface area contributed by atoms with Gasteiger partial charge in [0.2, 0.25) is 5.43 Å². The number of aromatic amines is 1. The largest absolute Gasteiger partial charge is 0.360 e. The number of rotatable bonds is 2. The lowest BCUT2D eigenvalue weighted by molar-refractivity contribution is 0.0931. The van der Waals surface area contributed by atoms with Gasteiger partial charge in [-0.25, -0.2) is 0 Å². The van der Waals surface area contributed by atoms with E-state index in [0.717, 1.165) is 30.3 Å². The zero-order valence-corrected chi connectivity index (χ0v) is 13.2. The van der Waals surface area contributed by atoms with E-state index in [2.05, 4.69) is 22.4 Å².